The second kappa shape index (κ2) is 6.32. The summed E-state index contributed by atoms with van der Waals surface area (Å²) in [6, 6.07) is 15.5. The maximum Gasteiger partial charge on any atom is 0.495 e. The van der Waals surface area contributed by atoms with Crippen LogP contribution >= 0.6 is 0 Å². The van der Waals surface area contributed by atoms with Gasteiger partial charge in [-0.1, -0.05) is 36.4 Å². The van der Waals surface area contributed by atoms with Crippen LogP contribution in [0.4, 0.5) is 0 Å². The molecule has 25 heavy (non-hydrogen) atoms. The van der Waals surface area contributed by atoms with Gasteiger partial charge in [0, 0.05) is 0 Å². The van der Waals surface area contributed by atoms with E-state index in [2.05, 4.69) is 0 Å². The van der Waals surface area contributed by atoms with Crippen LogP contribution in [0.3, 0.4) is 0 Å². The van der Waals surface area contributed by atoms with E-state index in [4.69, 9.17) is 14.0 Å². The van der Waals surface area contributed by atoms with Crippen LogP contribution in [0.25, 0.3) is 11.1 Å². The normalized spacial score (nSPS) is 18.2. The molecule has 0 aromatic heterocycles. The number of esters is 1. The van der Waals surface area contributed by atoms with Crippen molar-refractivity contribution >= 4 is 18.6 Å². The molecule has 1 heterocycles. The monoisotopic (exact) mass is 338 g/mol. The van der Waals surface area contributed by atoms with Gasteiger partial charge in [-0.3, -0.25) is 0 Å². The standard InChI is InChI=1S/C20H23BO4/c1-19(2)20(3,4)25-21(24-19)17-13-15(18(22)23-5)11-12-16(17)14-9-7-6-8-10-14/h6-13H,1-5H3. The molecular weight excluding hydrogens is 315 g/mol. The van der Waals surface area contributed by atoms with Crippen LogP contribution in [0, 0.1) is 0 Å². The van der Waals surface area contributed by atoms with Gasteiger partial charge >= 0.3 is 13.1 Å². The number of hydrogen-bond donors (Lipinski definition) is 0. The number of methoxy groups -OCH3 is 1. The van der Waals surface area contributed by atoms with Crippen LogP contribution in [-0.4, -0.2) is 31.4 Å². The second-order valence-electron chi connectivity index (χ2n) is 7.25. The van der Waals surface area contributed by atoms with Gasteiger partial charge in [0.2, 0.25) is 0 Å². The average molecular weight is 338 g/mol. The number of carbonyl (C=O) groups is 1. The molecule has 0 aliphatic carbocycles. The molecule has 0 N–H and O–H groups in total. The lowest BCUT2D eigenvalue weighted by molar-refractivity contribution is 0.00578. The Kier molecular flexibility index (Phi) is 4.48. The summed E-state index contributed by atoms with van der Waals surface area (Å²) in [4.78, 5) is 12.0. The topological polar surface area (TPSA) is 44.8 Å². The van der Waals surface area contributed by atoms with Crippen LogP contribution < -0.4 is 5.46 Å². The summed E-state index contributed by atoms with van der Waals surface area (Å²) in [6.45, 7) is 8.05. The molecule has 0 spiro atoms. The van der Waals surface area contributed by atoms with E-state index in [1.54, 1.807) is 12.1 Å². The molecule has 0 amide bonds. The summed E-state index contributed by atoms with van der Waals surface area (Å²) in [5.74, 6) is -0.377. The van der Waals surface area contributed by atoms with Gasteiger partial charge in [-0.2, -0.15) is 0 Å². The predicted octanol–water partition coefficient (Wildman–Crippen LogP) is 3.44. The molecule has 0 bridgehead atoms. The van der Waals surface area contributed by atoms with Crippen LogP contribution in [0.15, 0.2) is 48.5 Å². The lowest BCUT2D eigenvalue weighted by Gasteiger charge is -2.32. The van der Waals surface area contributed by atoms with E-state index in [1.165, 1.54) is 7.11 Å². The minimum absolute atomic E-state index is 0.377. The largest absolute Gasteiger partial charge is 0.495 e. The quantitative estimate of drug-likeness (QED) is 0.635. The molecule has 5 heteroatoms. The third kappa shape index (κ3) is 3.22. The maximum atomic E-state index is 12.0. The summed E-state index contributed by atoms with van der Waals surface area (Å²) in [7, 11) is 0.826. The minimum Gasteiger partial charge on any atom is -0.465 e. The molecule has 2 aromatic rings. The van der Waals surface area contributed by atoms with Gasteiger partial charge in [0.25, 0.3) is 0 Å². The van der Waals surface area contributed by atoms with Gasteiger partial charge in [-0.15, -0.1) is 0 Å². The Balaban J connectivity index is 2.11. The number of benzene rings is 2. The Hall–Kier alpha value is -2.11. The zero-order chi connectivity index (χ0) is 18.2. The summed E-state index contributed by atoms with van der Waals surface area (Å²) < 4.78 is 17.3. The first kappa shape index (κ1) is 17.7. The van der Waals surface area contributed by atoms with Gasteiger partial charge < -0.3 is 14.0 Å². The lowest BCUT2D eigenvalue weighted by atomic mass is 9.73. The minimum atomic E-state index is -0.551. The maximum absolute atomic E-state index is 12.0. The van der Waals surface area contributed by atoms with Crippen molar-refractivity contribution in [2.45, 2.75) is 38.9 Å². The Morgan fingerprint density at radius 1 is 0.960 bits per heavy atom. The SMILES string of the molecule is COC(=O)c1ccc(-c2ccccc2)c(B2OC(C)(C)C(C)(C)O2)c1. The van der Waals surface area contributed by atoms with Gasteiger partial charge in [-0.05, 0) is 56.4 Å². The van der Waals surface area contributed by atoms with E-state index >= 15 is 0 Å². The Labute approximate surface area is 149 Å². The van der Waals surface area contributed by atoms with Crippen molar-refractivity contribution in [2.24, 2.45) is 0 Å². The van der Waals surface area contributed by atoms with E-state index in [9.17, 15) is 4.79 Å². The van der Waals surface area contributed by atoms with Gasteiger partial charge in [-0.25, -0.2) is 4.79 Å². The predicted molar refractivity (Wildman–Crippen MR) is 98.9 cm³/mol. The molecule has 0 radical (unpaired) electrons. The fourth-order valence-electron chi connectivity index (χ4n) is 2.85. The van der Waals surface area contributed by atoms with Crippen LogP contribution in [0.1, 0.15) is 38.1 Å². The first-order chi connectivity index (χ1) is 11.7. The van der Waals surface area contributed by atoms with E-state index in [1.807, 2.05) is 64.1 Å². The zero-order valence-electron chi connectivity index (χ0n) is 15.3. The zero-order valence-corrected chi connectivity index (χ0v) is 15.3. The van der Waals surface area contributed by atoms with Crippen molar-refractivity contribution < 1.29 is 18.8 Å². The van der Waals surface area contributed by atoms with Crippen molar-refractivity contribution in [3.05, 3.63) is 54.1 Å². The molecular formula is C20H23BO4. The third-order valence-corrected chi connectivity index (χ3v) is 5.06. The Morgan fingerprint density at radius 2 is 1.56 bits per heavy atom. The van der Waals surface area contributed by atoms with Crippen molar-refractivity contribution in [3.63, 3.8) is 0 Å². The highest BCUT2D eigenvalue weighted by atomic mass is 16.7. The molecule has 1 fully saturated rings. The van der Waals surface area contributed by atoms with Crippen molar-refractivity contribution in [1.82, 2.24) is 0 Å². The first-order valence-corrected chi connectivity index (χ1v) is 8.38. The average Bonchev–Trinajstić information content (AvgIpc) is 2.82. The fraction of sp³-hybridized carbons (Fsp3) is 0.350. The molecule has 1 aliphatic rings. The number of rotatable bonds is 3. The molecule has 0 atom stereocenters. The molecule has 1 saturated heterocycles. The van der Waals surface area contributed by atoms with E-state index in [-0.39, 0.29) is 5.97 Å². The first-order valence-electron chi connectivity index (χ1n) is 8.38. The fourth-order valence-corrected chi connectivity index (χ4v) is 2.85. The molecule has 2 aromatic carbocycles. The molecule has 130 valence electrons. The van der Waals surface area contributed by atoms with Crippen LogP contribution in [-0.2, 0) is 14.0 Å². The van der Waals surface area contributed by atoms with Crippen molar-refractivity contribution in [3.8, 4) is 11.1 Å². The highest BCUT2D eigenvalue weighted by Gasteiger charge is 2.52. The lowest BCUT2D eigenvalue weighted by Crippen LogP contribution is -2.41. The Bertz CT molecular complexity index is 768. The number of ether oxygens (including phenoxy) is 1. The molecule has 0 saturated carbocycles. The Morgan fingerprint density at radius 3 is 2.12 bits per heavy atom. The number of hydrogen-bond acceptors (Lipinski definition) is 4. The summed E-state index contributed by atoms with van der Waals surface area (Å²) in [5, 5.41) is 0. The van der Waals surface area contributed by atoms with Crippen molar-refractivity contribution in [1.29, 1.82) is 0 Å². The van der Waals surface area contributed by atoms with E-state index in [0.29, 0.717) is 5.56 Å². The summed E-state index contributed by atoms with van der Waals surface area (Å²) in [5.41, 5.74) is 2.43. The molecule has 3 rings (SSSR count). The van der Waals surface area contributed by atoms with Crippen LogP contribution in [0.2, 0.25) is 0 Å². The summed E-state index contributed by atoms with van der Waals surface area (Å²) in [6.07, 6.45) is 0. The molecule has 1 aliphatic heterocycles. The van der Waals surface area contributed by atoms with Gasteiger partial charge in [0.1, 0.15) is 0 Å². The van der Waals surface area contributed by atoms with Gasteiger partial charge in [0.05, 0.1) is 23.9 Å². The molecule has 0 unspecified atom stereocenters. The van der Waals surface area contributed by atoms with E-state index < -0.39 is 18.3 Å². The highest BCUT2D eigenvalue weighted by molar-refractivity contribution is 6.64. The van der Waals surface area contributed by atoms with Crippen molar-refractivity contribution in [2.75, 3.05) is 7.11 Å². The third-order valence-electron chi connectivity index (χ3n) is 5.06. The second-order valence-corrected chi connectivity index (χ2v) is 7.25. The van der Waals surface area contributed by atoms with Gasteiger partial charge in [0.15, 0.2) is 0 Å². The highest BCUT2D eigenvalue weighted by Crippen LogP contribution is 2.37. The van der Waals surface area contributed by atoms with Crippen LogP contribution in [0.5, 0.6) is 0 Å². The summed E-state index contributed by atoms with van der Waals surface area (Å²) >= 11 is 0. The smallest absolute Gasteiger partial charge is 0.465 e. The number of carbonyl (C=O) groups excluding carboxylic acids is 1. The van der Waals surface area contributed by atoms with E-state index in [0.717, 1.165) is 16.6 Å². The molecule has 4 nitrogen and oxygen atoms in total.